The first kappa shape index (κ1) is 22.3. The van der Waals surface area contributed by atoms with E-state index < -0.39 is 0 Å². The van der Waals surface area contributed by atoms with Gasteiger partial charge in [0.1, 0.15) is 5.82 Å². The second kappa shape index (κ2) is 10.6. The van der Waals surface area contributed by atoms with Gasteiger partial charge in [-0.1, -0.05) is 62.9 Å². The molecule has 0 unspecified atom stereocenters. The van der Waals surface area contributed by atoms with Crippen molar-refractivity contribution in [1.29, 1.82) is 0 Å². The molecule has 0 saturated carbocycles. The van der Waals surface area contributed by atoms with Crippen LogP contribution >= 0.6 is 0 Å². The van der Waals surface area contributed by atoms with Gasteiger partial charge in [-0.05, 0) is 36.4 Å². The summed E-state index contributed by atoms with van der Waals surface area (Å²) in [6.45, 7) is 8.45. The molecule has 4 nitrogen and oxygen atoms in total. The fraction of sp³-hybridized carbons (Fsp3) is 0.423. The molecule has 1 aliphatic heterocycles. The molecule has 0 spiro atoms. The molecule has 0 N–H and O–H groups in total. The van der Waals surface area contributed by atoms with Gasteiger partial charge in [0.25, 0.3) is 0 Å². The predicted octanol–water partition coefficient (Wildman–Crippen LogP) is 5.26. The molecule has 160 valence electrons. The summed E-state index contributed by atoms with van der Waals surface area (Å²) < 4.78 is 5.16. The summed E-state index contributed by atoms with van der Waals surface area (Å²) in [5, 5.41) is 2.51. The number of nitrogens with zero attached hydrogens (tertiary/aromatic N) is 3. The second-order valence-corrected chi connectivity index (χ2v) is 7.77. The van der Waals surface area contributed by atoms with Gasteiger partial charge in [-0.3, -0.25) is 0 Å². The molecule has 1 saturated heterocycles. The summed E-state index contributed by atoms with van der Waals surface area (Å²) in [7, 11) is 1.76. The first-order valence-electron chi connectivity index (χ1n) is 10.7. The van der Waals surface area contributed by atoms with Crippen LogP contribution in [0.2, 0.25) is 0 Å². The van der Waals surface area contributed by atoms with Crippen LogP contribution in [0.1, 0.15) is 26.3 Å². The van der Waals surface area contributed by atoms with Crippen molar-refractivity contribution >= 4 is 16.6 Å². The van der Waals surface area contributed by atoms with Gasteiger partial charge in [0.2, 0.25) is 0 Å². The number of hydrogen-bond donors (Lipinski definition) is 0. The molecule has 2 heterocycles. The first-order chi connectivity index (χ1) is 14.3. The molecule has 3 aromatic rings. The number of fused-ring (bicyclic) bond motifs is 1. The highest BCUT2D eigenvalue weighted by atomic mass is 16.5. The van der Waals surface area contributed by atoms with E-state index in [1.54, 1.807) is 7.11 Å². The summed E-state index contributed by atoms with van der Waals surface area (Å²) in [6.07, 6.45) is 2.10. The minimum Gasteiger partial charge on any atom is -0.385 e. The van der Waals surface area contributed by atoms with E-state index in [4.69, 9.17) is 9.72 Å². The number of methoxy groups -OCH3 is 1. The molecule has 0 amide bonds. The molecule has 1 aliphatic rings. The van der Waals surface area contributed by atoms with Gasteiger partial charge in [-0.2, -0.15) is 0 Å². The Morgan fingerprint density at radius 3 is 2.40 bits per heavy atom. The maximum Gasteiger partial charge on any atom is 0.137 e. The van der Waals surface area contributed by atoms with Crippen molar-refractivity contribution in [1.82, 2.24) is 9.88 Å². The van der Waals surface area contributed by atoms with E-state index in [1.165, 1.54) is 21.9 Å². The van der Waals surface area contributed by atoms with Gasteiger partial charge in [0, 0.05) is 50.8 Å². The van der Waals surface area contributed by atoms with Crippen molar-refractivity contribution < 1.29 is 4.74 Å². The van der Waals surface area contributed by atoms with Gasteiger partial charge >= 0.3 is 0 Å². The van der Waals surface area contributed by atoms with Crippen molar-refractivity contribution in [3.8, 4) is 11.3 Å². The first-order valence-corrected chi connectivity index (χ1v) is 10.7. The lowest BCUT2D eigenvalue weighted by atomic mass is 10.0. The minimum atomic E-state index is 0. The van der Waals surface area contributed by atoms with Crippen LogP contribution in [0.4, 0.5) is 5.82 Å². The van der Waals surface area contributed by atoms with Crippen LogP contribution in [0, 0.1) is 0 Å². The lowest BCUT2D eigenvalue weighted by Gasteiger charge is -2.35. The number of hydrogen-bond acceptors (Lipinski definition) is 4. The number of anilines is 1. The fourth-order valence-corrected chi connectivity index (χ4v) is 4.11. The fourth-order valence-electron chi connectivity index (χ4n) is 4.11. The SMILES string of the molecule is C.CCN1CCN(c2nc(-c3ccc(CCCOC)cc3)cc3ccccc23)CC1. The Balaban J connectivity index is 0.00000256. The van der Waals surface area contributed by atoms with Crippen molar-refractivity contribution in [2.24, 2.45) is 0 Å². The number of benzene rings is 2. The molecule has 1 aromatic heterocycles. The van der Waals surface area contributed by atoms with Gasteiger partial charge < -0.3 is 14.5 Å². The quantitative estimate of drug-likeness (QED) is 0.502. The smallest absolute Gasteiger partial charge is 0.137 e. The Morgan fingerprint density at radius 2 is 1.70 bits per heavy atom. The van der Waals surface area contributed by atoms with Crippen molar-refractivity contribution in [2.45, 2.75) is 27.2 Å². The van der Waals surface area contributed by atoms with Crippen LogP contribution in [0.25, 0.3) is 22.0 Å². The van der Waals surface area contributed by atoms with Crippen LogP contribution in [-0.2, 0) is 11.2 Å². The number of ether oxygens (including phenoxy) is 1. The minimum absolute atomic E-state index is 0. The molecule has 4 rings (SSSR count). The molecule has 0 bridgehead atoms. The maximum atomic E-state index is 5.16. The molecular weight excluding hydrogens is 370 g/mol. The summed E-state index contributed by atoms with van der Waals surface area (Å²) in [5.41, 5.74) is 3.59. The normalized spacial score (nSPS) is 14.7. The van der Waals surface area contributed by atoms with Crippen molar-refractivity contribution in [3.63, 3.8) is 0 Å². The molecule has 1 fully saturated rings. The third-order valence-corrected chi connectivity index (χ3v) is 5.90. The van der Waals surface area contributed by atoms with E-state index in [1.807, 2.05) is 0 Å². The molecule has 0 atom stereocenters. The third kappa shape index (κ3) is 5.00. The Morgan fingerprint density at radius 1 is 0.967 bits per heavy atom. The zero-order valence-electron chi connectivity index (χ0n) is 17.6. The zero-order valence-corrected chi connectivity index (χ0v) is 17.6. The van der Waals surface area contributed by atoms with Gasteiger partial charge in [-0.15, -0.1) is 0 Å². The van der Waals surface area contributed by atoms with E-state index in [-0.39, 0.29) is 7.43 Å². The van der Waals surface area contributed by atoms with E-state index in [0.717, 1.165) is 63.7 Å². The topological polar surface area (TPSA) is 28.6 Å². The van der Waals surface area contributed by atoms with Crippen LogP contribution in [0.3, 0.4) is 0 Å². The number of pyridine rings is 1. The van der Waals surface area contributed by atoms with E-state index >= 15 is 0 Å². The van der Waals surface area contributed by atoms with Crippen LogP contribution in [0.15, 0.2) is 54.6 Å². The van der Waals surface area contributed by atoms with Gasteiger partial charge in [0.05, 0.1) is 5.69 Å². The van der Waals surface area contributed by atoms with Crippen LogP contribution in [0.5, 0.6) is 0 Å². The van der Waals surface area contributed by atoms with Gasteiger partial charge in [-0.25, -0.2) is 4.98 Å². The monoisotopic (exact) mass is 405 g/mol. The highest BCUT2D eigenvalue weighted by Gasteiger charge is 2.19. The summed E-state index contributed by atoms with van der Waals surface area (Å²) >= 11 is 0. The number of piperazine rings is 1. The summed E-state index contributed by atoms with van der Waals surface area (Å²) in [4.78, 5) is 10.1. The molecule has 0 radical (unpaired) electrons. The van der Waals surface area contributed by atoms with Crippen molar-refractivity contribution in [2.75, 3.05) is 51.3 Å². The van der Waals surface area contributed by atoms with E-state index in [2.05, 4.69) is 71.3 Å². The number of likely N-dealkylation sites (N-methyl/N-ethyl adjacent to an activating group) is 1. The van der Waals surface area contributed by atoms with Crippen LogP contribution < -0.4 is 4.90 Å². The average molecular weight is 406 g/mol. The molecule has 30 heavy (non-hydrogen) atoms. The number of rotatable bonds is 7. The van der Waals surface area contributed by atoms with E-state index in [0.29, 0.717) is 0 Å². The lowest BCUT2D eigenvalue weighted by molar-refractivity contribution is 0.195. The Kier molecular flexibility index (Phi) is 7.83. The molecule has 2 aromatic carbocycles. The van der Waals surface area contributed by atoms with Gasteiger partial charge in [0.15, 0.2) is 0 Å². The maximum absolute atomic E-state index is 5.16. The average Bonchev–Trinajstić information content (AvgIpc) is 2.79. The lowest BCUT2D eigenvalue weighted by Crippen LogP contribution is -2.46. The molecule has 4 heteroatoms. The highest BCUT2D eigenvalue weighted by Crippen LogP contribution is 2.30. The Hall–Kier alpha value is -2.43. The summed E-state index contributed by atoms with van der Waals surface area (Å²) in [6, 6.07) is 19.7. The van der Waals surface area contributed by atoms with E-state index in [9.17, 15) is 0 Å². The standard InChI is InChI=1S/C25H31N3O.CH4/c1-3-27-14-16-28(17-15-27)25-23-9-5-4-8-22(23)19-24(26-25)21-12-10-20(11-13-21)7-6-18-29-2;/h4-5,8-13,19H,3,6-7,14-18H2,1-2H3;1H4. The van der Waals surface area contributed by atoms with Crippen LogP contribution in [-0.4, -0.2) is 56.3 Å². The highest BCUT2D eigenvalue weighted by molar-refractivity contribution is 5.95. The third-order valence-electron chi connectivity index (χ3n) is 5.90. The number of aromatic nitrogens is 1. The number of aryl methyl sites for hydroxylation is 1. The zero-order chi connectivity index (χ0) is 20.1. The largest absolute Gasteiger partial charge is 0.385 e. The second-order valence-electron chi connectivity index (χ2n) is 7.77. The summed E-state index contributed by atoms with van der Waals surface area (Å²) in [5.74, 6) is 1.12. The molecular formula is C26H35N3O. The Bertz CT molecular complexity index is 931. The molecule has 0 aliphatic carbocycles. The Labute approximate surface area is 181 Å². The predicted molar refractivity (Wildman–Crippen MR) is 128 cm³/mol. The van der Waals surface area contributed by atoms with Crippen molar-refractivity contribution in [3.05, 3.63) is 60.2 Å².